The Balaban J connectivity index is 1.44. The maximum atomic E-state index is 13.2. The number of esters is 1. The SMILES string of the molecule is CC(=O)NC12C[C@H]3C[C@H](C1)CC(C(=O)O[C@@H](C)C(=O)Nc1ccc(Br)cc1)(C3)C2. The van der Waals surface area contributed by atoms with Crippen LogP contribution in [0.5, 0.6) is 0 Å². The lowest BCUT2D eigenvalue weighted by Crippen LogP contribution is -2.65. The first-order chi connectivity index (χ1) is 13.7. The number of hydrogen-bond donors (Lipinski definition) is 2. The summed E-state index contributed by atoms with van der Waals surface area (Å²) in [7, 11) is 0. The topological polar surface area (TPSA) is 84.5 Å². The molecular formula is C22H27BrN2O4. The van der Waals surface area contributed by atoms with Crippen LogP contribution in [-0.4, -0.2) is 29.4 Å². The largest absolute Gasteiger partial charge is 0.452 e. The van der Waals surface area contributed by atoms with Crippen molar-refractivity contribution in [1.82, 2.24) is 5.32 Å². The molecule has 1 aromatic rings. The minimum absolute atomic E-state index is 0.0438. The predicted molar refractivity (Wildman–Crippen MR) is 112 cm³/mol. The molecule has 4 aliphatic carbocycles. The number of carbonyl (C=O) groups is 3. The lowest BCUT2D eigenvalue weighted by Gasteiger charge is -2.60. The van der Waals surface area contributed by atoms with E-state index in [1.165, 1.54) is 6.92 Å². The van der Waals surface area contributed by atoms with Gasteiger partial charge in [-0.15, -0.1) is 0 Å². The zero-order valence-electron chi connectivity index (χ0n) is 16.8. The zero-order chi connectivity index (χ0) is 20.8. The molecule has 0 aromatic heterocycles. The Labute approximate surface area is 179 Å². The van der Waals surface area contributed by atoms with E-state index in [9.17, 15) is 14.4 Å². The summed E-state index contributed by atoms with van der Waals surface area (Å²) in [4.78, 5) is 37.5. The molecule has 0 saturated heterocycles. The molecule has 6 nitrogen and oxygen atoms in total. The summed E-state index contributed by atoms with van der Waals surface area (Å²) in [6.07, 6.45) is 4.34. The minimum Gasteiger partial charge on any atom is -0.452 e. The van der Waals surface area contributed by atoms with Gasteiger partial charge in [-0.2, -0.15) is 0 Å². The molecule has 4 saturated carbocycles. The standard InChI is InChI=1S/C22H27BrN2O4/c1-13(19(27)24-18-5-3-17(23)4-6-18)29-20(28)21-8-15-7-16(9-21)11-22(10-15,12-21)25-14(2)26/h3-6,13,15-16H,7-12H2,1-2H3,(H,24,27)(H,25,26)/t13-,15-,16-,21?,22?/m0/s1. The van der Waals surface area contributed by atoms with Crippen LogP contribution < -0.4 is 10.6 Å². The number of ether oxygens (including phenoxy) is 1. The van der Waals surface area contributed by atoms with Gasteiger partial charge in [0.2, 0.25) is 5.91 Å². The van der Waals surface area contributed by atoms with Crippen molar-refractivity contribution in [2.75, 3.05) is 5.32 Å². The molecule has 1 aromatic carbocycles. The van der Waals surface area contributed by atoms with E-state index in [2.05, 4.69) is 26.6 Å². The number of benzene rings is 1. The highest BCUT2D eigenvalue weighted by Gasteiger charge is 2.61. The van der Waals surface area contributed by atoms with Gasteiger partial charge in [0.25, 0.3) is 5.91 Å². The molecule has 4 aliphatic rings. The summed E-state index contributed by atoms with van der Waals surface area (Å²) < 4.78 is 6.59. The van der Waals surface area contributed by atoms with E-state index in [1.807, 2.05) is 12.1 Å². The highest BCUT2D eigenvalue weighted by Crippen LogP contribution is 2.62. The average molecular weight is 463 g/mol. The highest BCUT2D eigenvalue weighted by atomic mass is 79.9. The highest BCUT2D eigenvalue weighted by molar-refractivity contribution is 9.10. The van der Waals surface area contributed by atoms with E-state index in [-0.39, 0.29) is 23.3 Å². The third-order valence-electron chi connectivity index (χ3n) is 6.70. The van der Waals surface area contributed by atoms with E-state index in [4.69, 9.17) is 4.74 Å². The molecule has 0 spiro atoms. The molecule has 29 heavy (non-hydrogen) atoms. The smallest absolute Gasteiger partial charge is 0.312 e. The molecule has 3 atom stereocenters. The zero-order valence-corrected chi connectivity index (χ0v) is 18.4. The number of amides is 2. The lowest BCUT2D eigenvalue weighted by atomic mass is 9.47. The van der Waals surface area contributed by atoms with Crippen molar-refractivity contribution >= 4 is 39.4 Å². The average Bonchev–Trinajstić information content (AvgIpc) is 2.61. The number of nitrogens with one attached hydrogen (secondary N) is 2. The third kappa shape index (κ3) is 4.06. The molecule has 0 unspecified atom stereocenters. The first-order valence-electron chi connectivity index (χ1n) is 10.2. The van der Waals surface area contributed by atoms with Crippen LogP contribution in [0.4, 0.5) is 5.69 Å². The number of anilines is 1. The van der Waals surface area contributed by atoms with Crippen molar-refractivity contribution in [3.63, 3.8) is 0 Å². The van der Waals surface area contributed by atoms with E-state index >= 15 is 0 Å². The van der Waals surface area contributed by atoms with Gasteiger partial charge in [0.15, 0.2) is 6.10 Å². The van der Waals surface area contributed by atoms with E-state index in [0.29, 0.717) is 23.9 Å². The molecule has 0 radical (unpaired) electrons. The van der Waals surface area contributed by atoms with Gasteiger partial charge in [-0.3, -0.25) is 14.4 Å². The Kier molecular flexibility index (Phi) is 5.21. The molecule has 7 heteroatoms. The van der Waals surface area contributed by atoms with Crippen molar-refractivity contribution in [2.24, 2.45) is 17.3 Å². The van der Waals surface area contributed by atoms with Crippen LogP contribution in [0.15, 0.2) is 28.7 Å². The fourth-order valence-electron chi connectivity index (χ4n) is 6.14. The Bertz CT molecular complexity index is 824. The quantitative estimate of drug-likeness (QED) is 0.651. The van der Waals surface area contributed by atoms with Crippen LogP contribution in [0.3, 0.4) is 0 Å². The molecule has 2 amide bonds. The maximum Gasteiger partial charge on any atom is 0.312 e. The molecule has 0 aliphatic heterocycles. The second-order valence-corrected chi connectivity index (χ2v) is 10.2. The monoisotopic (exact) mass is 462 g/mol. The Morgan fingerprint density at radius 1 is 1.10 bits per heavy atom. The van der Waals surface area contributed by atoms with Crippen LogP contribution in [-0.2, 0) is 19.1 Å². The van der Waals surface area contributed by atoms with Crippen molar-refractivity contribution < 1.29 is 19.1 Å². The summed E-state index contributed by atoms with van der Waals surface area (Å²) >= 11 is 3.36. The summed E-state index contributed by atoms with van der Waals surface area (Å²) in [6.45, 7) is 3.15. The number of hydrogen-bond acceptors (Lipinski definition) is 4. The second kappa shape index (κ2) is 7.42. The Morgan fingerprint density at radius 2 is 1.72 bits per heavy atom. The molecule has 156 valence electrons. The molecule has 0 heterocycles. The molecular weight excluding hydrogens is 436 g/mol. The summed E-state index contributed by atoms with van der Waals surface area (Å²) in [5.74, 6) is 0.185. The lowest BCUT2D eigenvalue weighted by molar-refractivity contribution is -0.181. The van der Waals surface area contributed by atoms with Gasteiger partial charge in [-0.1, -0.05) is 15.9 Å². The number of carbonyl (C=O) groups excluding carboxylic acids is 3. The number of halogens is 1. The van der Waals surface area contributed by atoms with Crippen molar-refractivity contribution in [3.8, 4) is 0 Å². The fraction of sp³-hybridized carbons (Fsp3) is 0.591. The van der Waals surface area contributed by atoms with Gasteiger partial charge in [0.1, 0.15) is 0 Å². The normalized spacial score (nSPS) is 33.1. The summed E-state index contributed by atoms with van der Waals surface area (Å²) in [5, 5.41) is 5.94. The molecule has 2 N–H and O–H groups in total. The van der Waals surface area contributed by atoms with Gasteiger partial charge < -0.3 is 15.4 Å². The van der Waals surface area contributed by atoms with Crippen LogP contribution in [0, 0.1) is 17.3 Å². The van der Waals surface area contributed by atoms with Gasteiger partial charge in [0, 0.05) is 22.6 Å². The molecule has 4 bridgehead atoms. The molecule has 4 fully saturated rings. The predicted octanol–water partition coefficient (Wildman–Crippen LogP) is 3.79. The fourth-order valence-corrected chi connectivity index (χ4v) is 6.40. The Hall–Kier alpha value is -1.89. The first-order valence-corrected chi connectivity index (χ1v) is 11.0. The molecule has 5 rings (SSSR count). The van der Waals surface area contributed by atoms with Gasteiger partial charge in [-0.05, 0) is 81.5 Å². The first kappa shape index (κ1) is 20.4. The van der Waals surface area contributed by atoms with Crippen LogP contribution in [0.1, 0.15) is 52.4 Å². The van der Waals surface area contributed by atoms with E-state index in [1.54, 1.807) is 19.1 Å². The van der Waals surface area contributed by atoms with Crippen LogP contribution in [0.25, 0.3) is 0 Å². The summed E-state index contributed by atoms with van der Waals surface area (Å²) in [5.41, 5.74) is -0.225. The van der Waals surface area contributed by atoms with Crippen molar-refractivity contribution in [1.29, 1.82) is 0 Å². The van der Waals surface area contributed by atoms with Gasteiger partial charge in [0.05, 0.1) is 5.41 Å². The van der Waals surface area contributed by atoms with Gasteiger partial charge >= 0.3 is 5.97 Å². The van der Waals surface area contributed by atoms with E-state index in [0.717, 1.165) is 36.6 Å². The van der Waals surface area contributed by atoms with Crippen molar-refractivity contribution in [3.05, 3.63) is 28.7 Å². The minimum atomic E-state index is -0.879. The Morgan fingerprint density at radius 3 is 2.31 bits per heavy atom. The summed E-state index contributed by atoms with van der Waals surface area (Å²) in [6, 6.07) is 7.24. The third-order valence-corrected chi connectivity index (χ3v) is 7.23. The number of rotatable bonds is 5. The maximum absolute atomic E-state index is 13.2. The second-order valence-electron chi connectivity index (χ2n) is 9.25. The van der Waals surface area contributed by atoms with Gasteiger partial charge in [-0.25, -0.2) is 0 Å². The van der Waals surface area contributed by atoms with Crippen molar-refractivity contribution in [2.45, 2.75) is 64.0 Å². The van der Waals surface area contributed by atoms with E-state index < -0.39 is 11.5 Å². The van der Waals surface area contributed by atoms with Crippen LogP contribution in [0.2, 0.25) is 0 Å². The van der Waals surface area contributed by atoms with Crippen LogP contribution >= 0.6 is 15.9 Å².